The molecule has 0 saturated carbocycles. The van der Waals surface area contributed by atoms with Crippen molar-refractivity contribution in [3.05, 3.63) is 96.3 Å². The van der Waals surface area contributed by atoms with E-state index in [0.717, 1.165) is 33.2 Å². The third-order valence-electron chi connectivity index (χ3n) is 5.88. The number of benzene rings is 3. The zero-order chi connectivity index (χ0) is 27.4. The molecule has 196 valence electrons. The molecule has 38 heavy (non-hydrogen) atoms. The van der Waals surface area contributed by atoms with E-state index in [1.54, 1.807) is 19.1 Å². The summed E-state index contributed by atoms with van der Waals surface area (Å²) in [5, 5.41) is 4.10. The van der Waals surface area contributed by atoms with E-state index in [9.17, 15) is 9.18 Å². The van der Waals surface area contributed by atoms with Gasteiger partial charge < -0.3 is 14.8 Å². The number of rotatable bonds is 8. The fourth-order valence-corrected chi connectivity index (χ4v) is 4.17. The topological polar surface area (TPSA) is 60.5 Å². The fourth-order valence-electron chi connectivity index (χ4n) is 4.17. The Kier molecular flexibility index (Phi) is 7.81. The van der Waals surface area contributed by atoms with E-state index in [1.165, 1.54) is 12.1 Å². The van der Waals surface area contributed by atoms with E-state index < -0.39 is 17.6 Å². The van der Waals surface area contributed by atoms with Crippen molar-refractivity contribution >= 4 is 28.3 Å². The average Bonchev–Trinajstić information content (AvgIpc) is 2.86. The number of hydrogen-bond donors (Lipinski definition) is 1. The van der Waals surface area contributed by atoms with Crippen LogP contribution in [0.3, 0.4) is 0 Å². The van der Waals surface area contributed by atoms with Crippen LogP contribution < -0.4 is 10.1 Å². The lowest BCUT2D eigenvalue weighted by atomic mass is 9.92. The van der Waals surface area contributed by atoms with E-state index in [0.29, 0.717) is 23.7 Å². The van der Waals surface area contributed by atoms with Crippen LogP contribution in [0.2, 0.25) is 0 Å². The first-order valence-corrected chi connectivity index (χ1v) is 12.6. The van der Waals surface area contributed by atoms with Crippen LogP contribution >= 0.6 is 0 Å². The number of esters is 1. The normalized spacial score (nSPS) is 12.2. The van der Waals surface area contributed by atoms with Crippen molar-refractivity contribution in [1.82, 2.24) is 4.98 Å². The molecule has 6 heteroatoms. The largest absolute Gasteiger partial charge is 0.489 e. The highest BCUT2D eigenvalue weighted by Crippen LogP contribution is 2.40. The molecule has 1 aromatic heterocycles. The maximum Gasteiger partial charge on any atom is 0.328 e. The van der Waals surface area contributed by atoms with Gasteiger partial charge in [0.05, 0.1) is 5.52 Å². The summed E-state index contributed by atoms with van der Waals surface area (Å²) < 4.78 is 25.4. The summed E-state index contributed by atoms with van der Waals surface area (Å²) in [6, 6.07) is 21.3. The molecule has 4 rings (SSSR count). The second-order valence-corrected chi connectivity index (χ2v) is 10.4. The zero-order valence-corrected chi connectivity index (χ0v) is 22.5. The van der Waals surface area contributed by atoms with Crippen LogP contribution in [0.25, 0.3) is 27.6 Å². The Labute approximate surface area is 223 Å². The van der Waals surface area contributed by atoms with E-state index in [-0.39, 0.29) is 5.82 Å². The highest BCUT2D eigenvalue weighted by molar-refractivity contribution is 6.03. The molecule has 4 aromatic rings. The first-order chi connectivity index (χ1) is 18.0. The smallest absolute Gasteiger partial charge is 0.328 e. The van der Waals surface area contributed by atoms with Crippen LogP contribution in [0, 0.1) is 5.82 Å². The molecule has 0 spiro atoms. The second-order valence-electron chi connectivity index (χ2n) is 10.4. The molecular weight excluding hydrogens is 479 g/mol. The molecule has 0 aliphatic carbocycles. The number of allylic oxidation sites excluding steroid dienone is 1. The van der Waals surface area contributed by atoms with E-state index in [4.69, 9.17) is 14.5 Å². The van der Waals surface area contributed by atoms with Gasteiger partial charge in [-0.25, -0.2) is 14.2 Å². The van der Waals surface area contributed by atoms with Gasteiger partial charge >= 0.3 is 5.97 Å². The van der Waals surface area contributed by atoms with Crippen molar-refractivity contribution in [2.75, 3.05) is 5.32 Å². The summed E-state index contributed by atoms with van der Waals surface area (Å²) in [7, 11) is 0. The van der Waals surface area contributed by atoms with Crippen LogP contribution in [-0.2, 0) is 16.1 Å². The van der Waals surface area contributed by atoms with Gasteiger partial charge in [-0.1, -0.05) is 49.0 Å². The maximum absolute atomic E-state index is 13.8. The molecule has 5 nitrogen and oxygen atoms in total. The highest BCUT2D eigenvalue weighted by Gasteiger charge is 2.25. The van der Waals surface area contributed by atoms with Crippen LogP contribution in [0.1, 0.15) is 45.7 Å². The van der Waals surface area contributed by atoms with Gasteiger partial charge in [-0.05, 0) is 75.6 Å². The number of carbonyl (C=O) groups excluding carboxylic acids is 1. The monoisotopic (exact) mass is 512 g/mol. The second kappa shape index (κ2) is 11.1. The third-order valence-corrected chi connectivity index (χ3v) is 5.88. The Hall–Kier alpha value is -4.19. The van der Waals surface area contributed by atoms with Gasteiger partial charge in [-0.2, -0.15) is 0 Å². The van der Waals surface area contributed by atoms with Crippen molar-refractivity contribution in [3.63, 3.8) is 0 Å². The molecule has 1 atom stereocenters. The summed E-state index contributed by atoms with van der Waals surface area (Å²) in [6.45, 7) is 13.7. The van der Waals surface area contributed by atoms with Gasteiger partial charge in [0.2, 0.25) is 0 Å². The van der Waals surface area contributed by atoms with Gasteiger partial charge in [0.15, 0.2) is 0 Å². The first kappa shape index (κ1) is 26.9. The van der Waals surface area contributed by atoms with Crippen molar-refractivity contribution in [3.8, 4) is 16.9 Å². The average molecular weight is 513 g/mol. The number of nitrogens with zero attached hydrogens (tertiary/aromatic N) is 1. The number of fused-ring (bicyclic) bond motifs is 1. The molecule has 1 unspecified atom stereocenters. The van der Waals surface area contributed by atoms with Gasteiger partial charge in [-0.3, -0.25) is 0 Å². The van der Waals surface area contributed by atoms with Crippen LogP contribution in [0.5, 0.6) is 5.75 Å². The van der Waals surface area contributed by atoms with Gasteiger partial charge in [0, 0.05) is 22.6 Å². The maximum atomic E-state index is 13.8. The zero-order valence-electron chi connectivity index (χ0n) is 22.5. The number of halogens is 1. The first-order valence-electron chi connectivity index (χ1n) is 12.6. The molecule has 0 saturated heterocycles. The van der Waals surface area contributed by atoms with Crippen molar-refractivity contribution < 1.29 is 18.7 Å². The minimum atomic E-state index is -0.671. The van der Waals surface area contributed by atoms with Gasteiger partial charge in [0.1, 0.15) is 35.6 Å². The van der Waals surface area contributed by atoms with Crippen molar-refractivity contribution in [1.29, 1.82) is 0 Å². The minimum absolute atomic E-state index is 0.322. The summed E-state index contributed by atoms with van der Waals surface area (Å²) in [5.41, 5.74) is 4.25. The molecule has 0 fully saturated rings. The van der Waals surface area contributed by atoms with Crippen molar-refractivity contribution in [2.45, 2.75) is 52.9 Å². The highest BCUT2D eigenvalue weighted by atomic mass is 19.1. The molecule has 0 aliphatic rings. The number of carbonyl (C=O) groups is 1. The van der Waals surface area contributed by atoms with Gasteiger partial charge in [0.25, 0.3) is 0 Å². The Morgan fingerprint density at radius 3 is 2.37 bits per heavy atom. The SMILES string of the molecule is C=C(C)c1c(NC(C)C(=O)OC(C)(C)C)nc2cc(OCc3ccccc3)ccc2c1-c1ccc(F)cc1. The van der Waals surface area contributed by atoms with E-state index in [2.05, 4.69) is 11.9 Å². The van der Waals surface area contributed by atoms with E-state index >= 15 is 0 Å². The van der Waals surface area contributed by atoms with Crippen molar-refractivity contribution in [2.24, 2.45) is 0 Å². The van der Waals surface area contributed by atoms with E-state index in [1.807, 2.05) is 76.2 Å². The summed E-state index contributed by atoms with van der Waals surface area (Å²) in [5.74, 6) is 0.434. The molecule has 3 aromatic carbocycles. The predicted octanol–water partition coefficient (Wildman–Crippen LogP) is 7.80. The molecule has 0 bridgehead atoms. The Balaban J connectivity index is 1.82. The molecule has 1 heterocycles. The lowest BCUT2D eigenvalue weighted by molar-refractivity contribution is -0.155. The minimum Gasteiger partial charge on any atom is -0.489 e. The molecule has 0 radical (unpaired) electrons. The lowest BCUT2D eigenvalue weighted by Gasteiger charge is -2.25. The Morgan fingerprint density at radius 1 is 1.05 bits per heavy atom. The van der Waals surface area contributed by atoms with Crippen LogP contribution in [0.4, 0.5) is 10.2 Å². The summed E-state index contributed by atoms with van der Waals surface area (Å²) in [4.78, 5) is 17.7. The van der Waals surface area contributed by atoms with Crippen LogP contribution in [0.15, 0.2) is 79.4 Å². The summed E-state index contributed by atoms with van der Waals surface area (Å²) in [6.07, 6.45) is 0. The molecule has 1 N–H and O–H groups in total. The number of ether oxygens (including phenoxy) is 2. The third kappa shape index (κ3) is 6.38. The van der Waals surface area contributed by atoms with Gasteiger partial charge in [-0.15, -0.1) is 0 Å². The number of aromatic nitrogens is 1. The number of nitrogens with one attached hydrogen (secondary N) is 1. The number of pyridine rings is 1. The number of hydrogen-bond acceptors (Lipinski definition) is 5. The molecular formula is C32H33FN2O3. The fraction of sp³-hybridized carbons (Fsp3) is 0.250. The molecule has 0 amide bonds. The standard InChI is InChI=1S/C32H33FN2O3/c1-20(2)28-29(23-12-14-24(33)15-13-23)26-17-16-25(37-19-22-10-8-7-9-11-22)18-27(26)35-30(28)34-21(3)31(36)38-32(4,5)6/h7-18,21H,1,19H2,2-6H3,(H,34,35). The Morgan fingerprint density at radius 2 is 1.74 bits per heavy atom. The number of anilines is 1. The predicted molar refractivity (Wildman–Crippen MR) is 152 cm³/mol. The molecule has 0 aliphatic heterocycles. The Bertz CT molecular complexity index is 1460. The summed E-state index contributed by atoms with van der Waals surface area (Å²) >= 11 is 0. The van der Waals surface area contributed by atoms with Crippen LogP contribution in [-0.4, -0.2) is 22.6 Å². The lowest BCUT2D eigenvalue weighted by Crippen LogP contribution is -2.35. The quantitative estimate of drug-likeness (QED) is 0.244.